The topological polar surface area (TPSA) is 76.8 Å². The molecule has 7 heteroatoms. The van der Waals surface area contributed by atoms with E-state index in [9.17, 15) is 4.79 Å². The van der Waals surface area contributed by atoms with E-state index in [4.69, 9.17) is 15.2 Å². The van der Waals surface area contributed by atoms with Crippen LogP contribution in [0.3, 0.4) is 0 Å². The summed E-state index contributed by atoms with van der Waals surface area (Å²) in [5.41, 5.74) is 6.55. The number of thiophene rings is 1. The van der Waals surface area contributed by atoms with Gasteiger partial charge in [-0.05, 0) is 19.3 Å². The van der Waals surface area contributed by atoms with Gasteiger partial charge in [0.25, 0.3) is 5.91 Å². The summed E-state index contributed by atoms with van der Waals surface area (Å²) in [4.78, 5) is 15.0. The summed E-state index contributed by atoms with van der Waals surface area (Å²) in [5, 5.41) is 3.91. The number of amides is 1. The van der Waals surface area contributed by atoms with Gasteiger partial charge in [0.05, 0.1) is 13.2 Å². The number of nitrogens with one attached hydrogen (secondary N) is 1. The van der Waals surface area contributed by atoms with E-state index in [1.165, 1.54) is 11.3 Å². The monoisotopic (exact) mass is 311 g/mol. The van der Waals surface area contributed by atoms with E-state index < -0.39 is 0 Å². The van der Waals surface area contributed by atoms with Crippen LogP contribution in [0, 0.1) is 0 Å². The highest BCUT2D eigenvalue weighted by atomic mass is 32.1. The molecule has 1 amide bonds. The Bertz CT molecular complexity index is 542. The summed E-state index contributed by atoms with van der Waals surface area (Å²) in [7, 11) is 3.32. The molecule has 1 atom stereocenters. The van der Waals surface area contributed by atoms with Crippen molar-refractivity contribution in [2.75, 3.05) is 37.9 Å². The van der Waals surface area contributed by atoms with Crippen molar-refractivity contribution in [1.82, 2.24) is 5.32 Å². The van der Waals surface area contributed by atoms with Crippen LogP contribution in [0.1, 0.15) is 28.9 Å². The minimum Gasteiger partial charge on any atom is -0.492 e. The molecule has 1 aliphatic carbocycles. The zero-order valence-corrected chi connectivity index (χ0v) is 13.2. The molecular formula is C14H21N3O3S. The number of anilines is 2. The van der Waals surface area contributed by atoms with Crippen molar-refractivity contribution in [2.45, 2.75) is 31.4 Å². The predicted molar refractivity (Wildman–Crippen MR) is 83.4 cm³/mol. The third-order valence-electron chi connectivity index (χ3n) is 3.97. The van der Waals surface area contributed by atoms with Gasteiger partial charge in [-0.1, -0.05) is 0 Å². The Balaban J connectivity index is 1.84. The first kappa shape index (κ1) is 14.5. The van der Waals surface area contributed by atoms with Gasteiger partial charge >= 0.3 is 0 Å². The molecule has 0 aromatic carbocycles. The van der Waals surface area contributed by atoms with Crippen LogP contribution >= 0.6 is 11.3 Å². The summed E-state index contributed by atoms with van der Waals surface area (Å²) < 4.78 is 10.8. The van der Waals surface area contributed by atoms with Crippen LogP contribution in [0.4, 0.5) is 10.7 Å². The van der Waals surface area contributed by atoms with E-state index in [1.807, 2.05) is 0 Å². The average Bonchev–Trinajstić information content (AvgIpc) is 3.04. The SMILES string of the molecule is COc1c(N2CCC(OC)C2)sc(C(=O)NC2CC2)c1N. The second kappa shape index (κ2) is 5.73. The number of carbonyl (C=O) groups is 1. The molecule has 116 valence electrons. The minimum absolute atomic E-state index is 0.0907. The molecule has 1 aromatic rings. The van der Waals surface area contributed by atoms with Crippen LogP contribution in [0.5, 0.6) is 5.75 Å². The first-order valence-corrected chi connectivity index (χ1v) is 8.00. The van der Waals surface area contributed by atoms with Crippen molar-refractivity contribution in [3.8, 4) is 5.75 Å². The molecule has 0 radical (unpaired) electrons. The third kappa shape index (κ3) is 2.80. The summed E-state index contributed by atoms with van der Waals surface area (Å²) in [5.74, 6) is 0.518. The standard InChI is InChI=1S/C14H21N3O3S/c1-19-9-5-6-17(7-9)14-11(20-2)10(15)12(21-14)13(18)16-8-3-4-8/h8-9H,3-7,15H2,1-2H3,(H,16,18). The second-order valence-corrected chi connectivity index (χ2v) is 6.52. The van der Waals surface area contributed by atoms with Crippen molar-refractivity contribution >= 4 is 27.9 Å². The molecule has 2 aliphatic rings. The van der Waals surface area contributed by atoms with Crippen LogP contribution in [-0.4, -0.2) is 45.4 Å². The smallest absolute Gasteiger partial charge is 0.263 e. The molecule has 3 N–H and O–H groups in total. The molecule has 1 saturated heterocycles. The van der Waals surface area contributed by atoms with E-state index in [0.29, 0.717) is 22.4 Å². The lowest BCUT2D eigenvalue weighted by Crippen LogP contribution is -2.25. The van der Waals surface area contributed by atoms with Crippen molar-refractivity contribution in [3.05, 3.63) is 4.88 Å². The second-order valence-electron chi connectivity index (χ2n) is 5.52. The van der Waals surface area contributed by atoms with Gasteiger partial charge in [-0.2, -0.15) is 0 Å². The summed E-state index contributed by atoms with van der Waals surface area (Å²) >= 11 is 1.41. The Labute approximate surface area is 128 Å². The van der Waals surface area contributed by atoms with Gasteiger partial charge in [0.15, 0.2) is 5.75 Å². The highest BCUT2D eigenvalue weighted by molar-refractivity contribution is 7.19. The van der Waals surface area contributed by atoms with Gasteiger partial charge in [0.1, 0.15) is 15.6 Å². The lowest BCUT2D eigenvalue weighted by atomic mass is 10.3. The minimum atomic E-state index is -0.0907. The third-order valence-corrected chi connectivity index (χ3v) is 5.22. The summed E-state index contributed by atoms with van der Waals surface area (Å²) in [6, 6.07) is 0.318. The molecule has 21 heavy (non-hydrogen) atoms. The first-order chi connectivity index (χ1) is 10.1. The van der Waals surface area contributed by atoms with Crippen LogP contribution in [0.15, 0.2) is 0 Å². The molecule has 1 aromatic heterocycles. The Kier molecular flexibility index (Phi) is 3.95. The molecule has 6 nitrogen and oxygen atoms in total. The maximum absolute atomic E-state index is 12.3. The van der Waals surface area contributed by atoms with E-state index in [-0.39, 0.29) is 12.0 Å². The number of nitrogens with zero attached hydrogens (tertiary/aromatic N) is 1. The quantitative estimate of drug-likeness (QED) is 0.861. The molecular weight excluding hydrogens is 290 g/mol. The van der Waals surface area contributed by atoms with Crippen LogP contribution < -0.4 is 20.7 Å². The Morgan fingerprint density at radius 2 is 2.14 bits per heavy atom. The number of methoxy groups -OCH3 is 2. The van der Waals surface area contributed by atoms with Crippen molar-refractivity contribution in [1.29, 1.82) is 0 Å². The predicted octanol–water partition coefficient (Wildman–Crippen LogP) is 1.46. The molecule has 1 aliphatic heterocycles. The van der Waals surface area contributed by atoms with E-state index in [1.54, 1.807) is 14.2 Å². The molecule has 0 spiro atoms. The number of carbonyl (C=O) groups excluding carboxylic acids is 1. The summed E-state index contributed by atoms with van der Waals surface area (Å²) in [6.45, 7) is 1.69. The average molecular weight is 311 g/mol. The van der Waals surface area contributed by atoms with Crippen LogP contribution in [-0.2, 0) is 4.74 Å². The number of rotatable bonds is 5. The van der Waals surface area contributed by atoms with E-state index in [2.05, 4.69) is 10.2 Å². The highest BCUT2D eigenvalue weighted by Gasteiger charge is 2.31. The maximum Gasteiger partial charge on any atom is 0.263 e. The normalized spacial score (nSPS) is 21.6. The van der Waals surface area contributed by atoms with Crippen molar-refractivity contribution in [2.24, 2.45) is 0 Å². The fourth-order valence-corrected chi connectivity index (χ4v) is 3.70. The largest absolute Gasteiger partial charge is 0.492 e. The number of hydrogen-bond donors (Lipinski definition) is 2. The zero-order chi connectivity index (χ0) is 15.0. The van der Waals surface area contributed by atoms with Gasteiger partial charge in [-0.25, -0.2) is 0 Å². The maximum atomic E-state index is 12.3. The van der Waals surface area contributed by atoms with Gasteiger partial charge in [-0.15, -0.1) is 11.3 Å². The number of nitrogen functional groups attached to an aromatic ring is 1. The lowest BCUT2D eigenvalue weighted by Gasteiger charge is -2.17. The van der Waals surface area contributed by atoms with Gasteiger partial charge < -0.3 is 25.4 Å². The lowest BCUT2D eigenvalue weighted by molar-refractivity contribution is 0.0955. The fraction of sp³-hybridized carbons (Fsp3) is 0.643. The van der Waals surface area contributed by atoms with Gasteiger partial charge in [0, 0.05) is 26.2 Å². The molecule has 1 unspecified atom stereocenters. The van der Waals surface area contributed by atoms with E-state index >= 15 is 0 Å². The molecule has 2 heterocycles. The first-order valence-electron chi connectivity index (χ1n) is 7.19. The van der Waals surface area contributed by atoms with E-state index in [0.717, 1.165) is 37.4 Å². The Morgan fingerprint density at radius 1 is 1.38 bits per heavy atom. The van der Waals surface area contributed by atoms with Gasteiger partial charge in [-0.3, -0.25) is 4.79 Å². The number of hydrogen-bond acceptors (Lipinski definition) is 6. The molecule has 1 saturated carbocycles. The number of nitrogens with two attached hydrogens (primary N) is 1. The Hall–Kier alpha value is -1.47. The van der Waals surface area contributed by atoms with Crippen molar-refractivity contribution in [3.63, 3.8) is 0 Å². The number of ether oxygens (including phenoxy) is 2. The van der Waals surface area contributed by atoms with Crippen LogP contribution in [0.25, 0.3) is 0 Å². The molecule has 2 fully saturated rings. The zero-order valence-electron chi connectivity index (χ0n) is 12.3. The van der Waals surface area contributed by atoms with Crippen molar-refractivity contribution < 1.29 is 14.3 Å². The summed E-state index contributed by atoms with van der Waals surface area (Å²) in [6.07, 6.45) is 3.31. The molecule has 0 bridgehead atoms. The fourth-order valence-electron chi connectivity index (χ4n) is 2.57. The van der Waals surface area contributed by atoms with Gasteiger partial charge in [0.2, 0.25) is 0 Å². The molecule has 3 rings (SSSR count). The highest BCUT2D eigenvalue weighted by Crippen LogP contribution is 2.46. The van der Waals surface area contributed by atoms with Crippen LogP contribution in [0.2, 0.25) is 0 Å². The Morgan fingerprint density at radius 3 is 2.71 bits per heavy atom.